The first-order chi connectivity index (χ1) is 7.24. The highest BCUT2D eigenvalue weighted by Crippen LogP contribution is 2.27. The van der Waals surface area contributed by atoms with Gasteiger partial charge in [-0.25, -0.2) is 0 Å². The van der Waals surface area contributed by atoms with Crippen LogP contribution < -0.4 is 0 Å². The van der Waals surface area contributed by atoms with Gasteiger partial charge in [-0.05, 0) is 24.5 Å². The lowest BCUT2D eigenvalue weighted by molar-refractivity contribution is 0.0131. The highest BCUT2D eigenvalue weighted by atomic mass is 32.2. The van der Waals surface area contributed by atoms with Crippen LogP contribution in [0, 0.1) is 5.92 Å². The van der Waals surface area contributed by atoms with Crippen LogP contribution >= 0.6 is 11.8 Å². The number of ether oxygens (including phenoxy) is 1. The average molecular weight is 234 g/mol. The Bertz CT molecular complexity index is 166. The molecule has 0 bridgehead atoms. The Balaban J connectivity index is 2.04. The summed E-state index contributed by atoms with van der Waals surface area (Å²) < 4.78 is 5.34. The Hall–Kier alpha value is 0.230. The van der Waals surface area contributed by atoms with E-state index in [9.17, 15) is 10.2 Å². The highest BCUT2D eigenvalue weighted by molar-refractivity contribution is 7.99. The van der Waals surface area contributed by atoms with Crippen molar-refractivity contribution >= 4 is 11.8 Å². The molecule has 3 atom stereocenters. The molecular weight excluding hydrogens is 212 g/mol. The van der Waals surface area contributed by atoms with E-state index in [0.717, 1.165) is 31.0 Å². The Labute approximate surface area is 96.2 Å². The summed E-state index contributed by atoms with van der Waals surface area (Å²) in [5.41, 5.74) is 0. The molecule has 1 aliphatic heterocycles. The maximum absolute atomic E-state index is 9.68. The fraction of sp³-hybridized carbons (Fsp3) is 1.00. The number of thioether (sulfide) groups is 1. The smallest absolute Gasteiger partial charge is 0.0777 e. The summed E-state index contributed by atoms with van der Waals surface area (Å²) in [5, 5.41) is 19.3. The second kappa shape index (κ2) is 7.49. The van der Waals surface area contributed by atoms with E-state index in [-0.39, 0.29) is 12.0 Å². The molecule has 4 heteroatoms. The van der Waals surface area contributed by atoms with E-state index in [1.165, 1.54) is 0 Å². The number of rotatable bonds is 7. The lowest BCUT2D eigenvalue weighted by atomic mass is 9.99. The van der Waals surface area contributed by atoms with E-state index >= 15 is 0 Å². The summed E-state index contributed by atoms with van der Waals surface area (Å²) in [6.07, 6.45) is 2.18. The van der Waals surface area contributed by atoms with Crippen LogP contribution in [0.4, 0.5) is 0 Å². The highest BCUT2D eigenvalue weighted by Gasteiger charge is 2.27. The van der Waals surface area contributed by atoms with Gasteiger partial charge in [0, 0.05) is 12.4 Å². The molecule has 0 radical (unpaired) electrons. The van der Waals surface area contributed by atoms with Crippen molar-refractivity contribution < 1.29 is 14.9 Å². The standard InChI is InChI=1S/C11H22O3S/c1-2-3-4-14-6-10(12)5-9-7-15-8-11(9)13/h9-13H,2-8H2,1H3. The summed E-state index contributed by atoms with van der Waals surface area (Å²) in [4.78, 5) is 0. The van der Waals surface area contributed by atoms with Crippen LogP contribution in [-0.4, -0.2) is 47.1 Å². The predicted octanol–water partition coefficient (Wildman–Crippen LogP) is 1.28. The van der Waals surface area contributed by atoms with Crippen LogP contribution in [0.1, 0.15) is 26.2 Å². The van der Waals surface area contributed by atoms with Gasteiger partial charge in [0.1, 0.15) is 0 Å². The summed E-state index contributed by atoms with van der Waals surface area (Å²) in [5.74, 6) is 2.03. The van der Waals surface area contributed by atoms with Crippen LogP contribution in [0.2, 0.25) is 0 Å². The van der Waals surface area contributed by atoms with Crippen LogP contribution in [-0.2, 0) is 4.74 Å². The summed E-state index contributed by atoms with van der Waals surface area (Å²) >= 11 is 1.76. The molecule has 15 heavy (non-hydrogen) atoms. The lowest BCUT2D eigenvalue weighted by Crippen LogP contribution is -2.26. The average Bonchev–Trinajstić information content (AvgIpc) is 2.59. The molecule has 0 aromatic heterocycles. The summed E-state index contributed by atoms with van der Waals surface area (Å²) in [6, 6.07) is 0. The molecule has 1 saturated heterocycles. The molecule has 0 aromatic rings. The van der Waals surface area contributed by atoms with Crippen molar-refractivity contribution in [1.82, 2.24) is 0 Å². The molecule has 2 N–H and O–H groups in total. The minimum absolute atomic E-state index is 0.236. The molecule has 90 valence electrons. The first-order valence-corrected chi connectivity index (χ1v) is 6.91. The normalized spacial score (nSPS) is 28.2. The maximum Gasteiger partial charge on any atom is 0.0777 e. The van der Waals surface area contributed by atoms with Crippen molar-refractivity contribution in [2.45, 2.75) is 38.4 Å². The van der Waals surface area contributed by atoms with Gasteiger partial charge in [-0.15, -0.1) is 0 Å². The number of hydrogen-bond donors (Lipinski definition) is 2. The monoisotopic (exact) mass is 234 g/mol. The zero-order valence-electron chi connectivity index (χ0n) is 9.39. The number of aliphatic hydroxyl groups excluding tert-OH is 2. The summed E-state index contributed by atoms with van der Waals surface area (Å²) in [6.45, 7) is 3.26. The third-order valence-electron chi connectivity index (χ3n) is 2.69. The zero-order valence-corrected chi connectivity index (χ0v) is 10.2. The van der Waals surface area contributed by atoms with E-state index in [1.807, 2.05) is 0 Å². The predicted molar refractivity (Wildman–Crippen MR) is 63.2 cm³/mol. The number of aliphatic hydroxyl groups is 2. The van der Waals surface area contributed by atoms with Gasteiger partial charge in [-0.2, -0.15) is 11.8 Å². The van der Waals surface area contributed by atoms with Crippen molar-refractivity contribution in [2.24, 2.45) is 5.92 Å². The van der Waals surface area contributed by atoms with Crippen molar-refractivity contribution in [2.75, 3.05) is 24.7 Å². The molecule has 3 nitrogen and oxygen atoms in total. The zero-order chi connectivity index (χ0) is 11.1. The topological polar surface area (TPSA) is 49.7 Å². The quantitative estimate of drug-likeness (QED) is 0.652. The molecule has 1 heterocycles. The van der Waals surface area contributed by atoms with Crippen LogP contribution in [0.25, 0.3) is 0 Å². The van der Waals surface area contributed by atoms with Gasteiger partial charge >= 0.3 is 0 Å². The number of hydrogen-bond acceptors (Lipinski definition) is 4. The first kappa shape index (κ1) is 13.3. The largest absolute Gasteiger partial charge is 0.392 e. The van der Waals surface area contributed by atoms with Gasteiger partial charge in [0.15, 0.2) is 0 Å². The van der Waals surface area contributed by atoms with Crippen LogP contribution in [0.15, 0.2) is 0 Å². The van der Waals surface area contributed by atoms with E-state index in [0.29, 0.717) is 13.0 Å². The van der Waals surface area contributed by atoms with Crippen molar-refractivity contribution in [1.29, 1.82) is 0 Å². The molecule has 1 fully saturated rings. The first-order valence-electron chi connectivity index (χ1n) is 5.75. The molecular formula is C11H22O3S. The van der Waals surface area contributed by atoms with Crippen molar-refractivity contribution in [3.63, 3.8) is 0 Å². The van der Waals surface area contributed by atoms with E-state index in [2.05, 4.69) is 6.92 Å². The van der Waals surface area contributed by atoms with Gasteiger partial charge < -0.3 is 14.9 Å². The molecule has 0 saturated carbocycles. The molecule has 0 amide bonds. The van der Waals surface area contributed by atoms with Crippen molar-refractivity contribution in [3.05, 3.63) is 0 Å². The fourth-order valence-corrected chi connectivity index (χ4v) is 3.01. The molecule has 3 unspecified atom stereocenters. The lowest BCUT2D eigenvalue weighted by Gasteiger charge is -2.17. The molecule has 0 spiro atoms. The Kier molecular flexibility index (Phi) is 6.64. The SMILES string of the molecule is CCCCOCC(O)CC1CSCC1O. The second-order valence-corrected chi connectivity index (χ2v) is 5.26. The minimum Gasteiger partial charge on any atom is -0.392 e. The Morgan fingerprint density at radius 1 is 1.47 bits per heavy atom. The van der Waals surface area contributed by atoms with Crippen molar-refractivity contribution in [3.8, 4) is 0 Å². The van der Waals surface area contributed by atoms with Gasteiger partial charge in [-0.1, -0.05) is 13.3 Å². The van der Waals surface area contributed by atoms with Gasteiger partial charge in [0.25, 0.3) is 0 Å². The van der Waals surface area contributed by atoms with E-state index < -0.39 is 6.10 Å². The van der Waals surface area contributed by atoms with Gasteiger partial charge in [0.2, 0.25) is 0 Å². The van der Waals surface area contributed by atoms with Crippen LogP contribution in [0.5, 0.6) is 0 Å². The molecule has 1 aliphatic rings. The molecule has 0 aromatic carbocycles. The molecule has 1 rings (SSSR count). The minimum atomic E-state index is -0.416. The number of unbranched alkanes of at least 4 members (excludes halogenated alkanes) is 1. The van der Waals surface area contributed by atoms with Gasteiger partial charge in [-0.3, -0.25) is 0 Å². The molecule has 0 aliphatic carbocycles. The summed E-state index contributed by atoms with van der Waals surface area (Å²) in [7, 11) is 0. The third kappa shape index (κ3) is 5.20. The third-order valence-corrected chi connectivity index (χ3v) is 3.93. The Morgan fingerprint density at radius 2 is 2.27 bits per heavy atom. The van der Waals surface area contributed by atoms with E-state index in [4.69, 9.17) is 4.74 Å². The van der Waals surface area contributed by atoms with Gasteiger partial charge in [0.05, 0.1) is 18.8 Å². The van der Waals surface area contributed by atoms with E-state index in [1.54, 1.807) is 11.8 Å². The Morgan fingerprint density at radius 3 is 2.87 bits per heavy atom. The maximum atomic E-state index is 9.68. The second-order valence-electron chi connectivity index (χ2n) is 4.18. The fourth-order valence-electron chi connectivity index (χ4n) is 1.70. The van der Waals surface area contributed by atoms with Crippen LogP contribution in [0.3, 0.4) is 0 Å².